The molecule has 10 nitrogen and oxygen atoms in total. The molecule has 1 aliphatic carbocycles. The Kier molecular flexibility index (Phi) is 8.37. The summed E-state index contributed by atoms with van der Waals surface area (Å²) in [5.74, 6) is 0.637. The Labute approximate surface area is 253 Å². The van der Waals surface area contributed by atoms with Gasteiger partial charge in [0.25, 0.3) is 0 Å². The lowest BCUT2D eigenvalue weighted by molar-refractivity contribution is -0.139. The van der Waals surface area contributed by atoms with Crippen molar-refractivity contribution in [2.75, 3.05) is 36.6 Å². The third kappa shape index (κ3) is 6.24. The van der Waals surface area contributed by atoms with Gasteiger partial charge < -0.3 is 25.4 Å². The van der Waals surface area contributed by atoms with E-state index in [4.69, 9.17) is 9.72 Å². The number of alkyl halides is 3. The molecule has 236 valence electrons. The lowest BCUT2D eigenvalue weighted by Gasteiger charge is -2.35. The summed E-state index contributed by atoms with van der Waals surface area (Å²) < 4.78 is 73.6. The Morgan fingerprint density at radius 2 is 1.80 bits per heavy atom. The van der Waals surface area contributed by atoms with Gasteiger partial charge in [0.05, 0.1) is 47.6 Å². The second-order valence-corrected chi connectivity index (χ2v) is 14.0. The number of ether oxygens (including phenoxy) is 1. The van der Waals surface area contributed by atoms with Gasteiger partial charge in [-0.05, 0) is 70.0 Å². The summed E-state index contributed by atoms with van der Waals surface area (Å²) in [4.78, 5) is 22.9. The fraction of sp³-hybridized carbons (Fsp3) is 0.433. The minimum Gasteiger partial charge on any atom is -0.394 e. The number of carbonyl (C=O) groups excluding carboxylic acids is 1. The molecule has 1 saturated heterocycles. The van der Waals surface area contributed by atoms with Crippen LogP contribution in [0.4, 0.5) is 29.5 Å². The van der Waals surface area contributed by atoms with Crippen molar-refractivity contribution in [3.05, 3.63) is 65.9 Å². The van der Waals surface area contributed by atoms with E-state index in [-0.39, 0.29) is 37.0 Å². The third-order valence-electron chi connectivity index (χ3n) is 7.79. The van der Waals surface area contributed by atoms with E-state index in [2.05, 4.69) is 15.6 Å². The summed E-state index contributed by atoms with van der Waals surface area (Å²) in [6.07, 6.45) is -4.64. The van der Waals surface area contributed by atoms with Crippen LogP contribution in [-0.4, -0.2) is 67.5 Å². The zero-order valence-electron chi connectivity index (χ0n) is 24.5. The molecule has 0 unspecified atom stereocenters. The summed E-state index contributed by atoms with van der Waals surface area (Å²) in [5.41, 5.74) is -0.953. The van der Waals surface area contributed by atoms with Gasteiger partial charge in [-0.3, -0.25) is 0 Å². The first kappa shape index (κ1) is 31.7. The first-order chi connectivity index (χ1) is 20.7. The van der Waals surface area contributed by atoms with Crippen molar-refractivity contribution >= 4 is 27.4 Å². The normalized spacial score (nSPS) is 18.5. The molecule has 0 radical (unpaired) electrons. The van der Waals surface area contributed by atoms with Crippen LogP contribution in [0, 0.1) is 0 Å². The zero-order chi connectivity index (χ0) is 31.9. The highest BCUT2D eigenvalue weighted by Crippen LogP contribution is 2.56. The van der Waals surface area contributed by atoms with Crippen LogP contribution in [-0.2, 0) is 25.5 Å². The van der Waals surface area contributed by atoms with Crippen molar-refractivity contribution in [2.45, 2.75) is 61.0 Å². The summed E-state index contributed by atoms with van der Waals surface area (Å²) in [5, 5.41) is 14.7. The van der Waals surface area contributed by atoms with Crippen LogP contribution < -0.4 is 15.5 Å². The fourth-order valence-corrected chi connectivity index (χ4v) is 7.32. The molecule has 2 heterocycles. The number of benzene rings is 2. The van der Waals surface area contributed by atoms with Crippen molar-refractivity contribution in [3.63, 3.8) is 0 Å². The van der Waals surface area contributed by atoms with E-state index in [0.717, 1.165) is 18.2 Å². The van der Waals surface area contributed by atoms with E-state index in [0.29, 0.717) is 36.8 Å². The maximum atomic E-state index is 14.0. The van der Waals surface area contributed by atoms with Gasteiger partial charge in [-0.25, -0.2) is 23.2 Å². The number of aliphatic hydroxyl groups excluding tert-OH is 1. The topological polar surface area (TPSA) is 134 Å². The molecule has 0 spiro atoms. The highest BCUT2D eigenvalue weighted by Gasteiger charge is 2.59. The number of anilines is 2. The van der Waals surface area contributed by atoms with Crippen LogP contribution in [0.5, 0.6) is 0 Å². The Balaban J connectivity index is 1.55. The minimum absolute atomic E-state index is 0.0923. The minimum atomic E-state index is -4.86. The predicted molar refractivity (Wildman–Crippen MR) is 158 cm³/mol. The predicted octanol–water partition coefficient (Wildman–Crippen LogP) is 4.74. The van der Waals surface area contributed by atoms with Crippen molar-refractivity contribution in [1.82, 2.24) is 15.3 Å². The summed E-state index contributed by atoms with van der Waals surface area (Å²) >= 11 is 0. The molecule has 1 aliphatic heterocycles. The van der Waals surface area contributed by atoms with Crippen molar-refractivity contribution in [1.29, 1.82) is 0 Å². The number of hydrogen-bond donors (Lipinski definition) is 3. The van der Waals surface area contributed by atoms with E-state index in [1.807, 2.05) is 11.8 Å². The van der Waals surface area contributed by atoms with Crippen molar-refractivity contribution in [3.8, 4) is 11.4 Å². The van der Waals surface area contributed by atoms with Gasteiger partial charge in [-0.2, -0.15) is 13.2 Å². The number of amides is 2. The van der Waals surface area contributed by atoms with Crippen LogP contribution in [0.1, 0.15) is 44.9 Å². The molecule has 1 saturated carbocycles. The lowest BCUT2D eigenvalue weighted by atomic mass is 10.1. The number of nitrogens with one attached hydrogen (secondary N) is 2. The molecule has 2 aromatic carbocycles. The highest BCUT2D eigenvalue weighted by molar-refractivity contribution is 7.92. The lowest BCUT2D eigenvalue weighted by Crippen LogP contribution is -2.48. The number of nitrogens with zero attached hydrogens (tertiary/aromatic N) is 3. The van der Waals surface area contributed by atoms with Crippen LogP contribution in [0.15, 0.2) is 59.5 Å². The summed E-state index contributed by atoms with van der Waals surface area (Å²) in [7, 11) is -4.52. The summed E-state index contributed by atoms with van der Waals surface area (Å²) in [6.45, 7) is 6.35. The van der Waals surface area contributed by atoms with Crippen LogP contribution in [0.2, 0.25) is 0 Å². The first-order valence-electron chi connectivity index (χ1n) is 14.1. The van der Waals surface area contributed by atoms with Gasteiger partial charge in [-0.1, -0.05) is 12.1 Å². The number of aromatic nitrogens is 2. The van der Waals surface area contributed by atoms with Crippen LogP contribution >= 0.6 is 0 Å². The largest absolute Gasteiger partial charge is 0.417 e. The number of urea groups is 1. The van der Waals surface area contributed by atoms with E-state index in [1.54, 1.807) is 44.2 Å². The quantitative estimate of drug-likeness (QED) is 0.324. The average molecular weight is 634 g/mol. The molecular weight excluding hydrogens is 599 g/mol. The number of halogens is 3. The Hall–Kier alpha value is -3.75. The molecule has 44 heavy (non-hydrogen) atoms. The second kappa shape index (κ2) is 11.6. The first-order valence-corrected chi connectivity index (χ1v) is 15.6. The Morgan fingerprint density at radius 3 is 2.41 bits per heavy atom. The van der Waals surface area contributed by atoms with Gasteiger partial charge in [0, 0.05) is 23.9 Å². The molecule has 3 aromatic rings. The SMILES string of the molecule is C[C@H]1COCCN1c1cc(C2(S(=O)(=O)c3ccccc3C(F)(F)F)CC2)nc(-c2ccc(NC(=O)NC(C)(C)CO)cc2)n1. The molecule has 3 N–H and O–H groups in total. The molecule has 0 bridgehead atoms. The maximum Gasteiger partial charge on any atom is 0.417 e. The molecule has 1 aromatic heterocycles. The molecular formula is C30H34F3N5O5S. The molecule has 2 fully saturated rings. The Morgan fingerprint density at radius 1 is 1.11 bits per heavy atom. The number of aliphatic hydroxyl groups is 1. The number of morpholine rings is 1. The van der Waals surface area contributed by atoms with E-state index in [9.17, 15) is 31.5 Å². The molecule has 2 amide bonds. The van der Waals surface area contributed by atoms with Crippen LogP contribution in [0.25, 0.3) is 11.4 Å². The molecule has 2 aliphatic rings. The van der Waals surface area contributed by atoms with E-state index in [1.165, 1.54) is 6.07 Å². The smallest absolute Gasteiger partial charge is 0.394 e. The molecule has 5 rings (SSSR count). The number of rotatable bonds is 8. The van der Waals surface area contributed by atoms with E-state index >= 15 is 0 Å². The monoisotopic (exact) mass is 633 g/mol. The number of carbonyl (C=O) groups is 1. The standard InChI is InChI=1S/C30H34F3N5O5S/c1-19-17-43-15-14-38(19)25-16-24(29(12-13-29)44(41,42)23-7-5-4-6-22(23)30(31,32)33)35-26(36-25)20-8-10-21(11-9-20)34-27(40)37-28(2,3)18-39/h4-11,16,19,39H,12-15,17-18H2,1-3H3,(H2,34,37,40)/t19-/m0/s1. The second-order valence-electron chi connectivity index (χ2n) is 11.7. The summed E-state index contributed by atoms with van der Waals surface area (Å²) in [6, 6.07) is 11.7. The average Bonchev–Trinajstić information content (AvgIpc) is 3.80. The van der Waals surface area contributed by atoms with Gasteiger partial charge >= 0.3 is 12.2 Å². The van der Waals surface area contributed by atoms with Crippen LogP contribution in [0.3, 0.4) is 0 Å². The fourth-order valence-electron chi connectivity index (χ4n) is 5.15. The highest BCUT2D eigenvalue weighted by atomic mass is 32.2. The van der Waals surface area contributed by atoms with Gasteiger partial charge in [0.15, 0.2) is 15.7 Å². The number of hydrogen-bond acceptors (Lipinski definition) is 8. The van der Waals surface area contributed by atoms with Gasteiger partial charge in [0.2, 0.25) is 0 Å². The Bertz CT molecular complexity index is 1640. The van der Waals surface area contributed by atoms with Gasteiger partial charge in [-0.15, -0.1) is 0 Å². The zero-order valence-corrected chi connectivity index (χ0v) is 25.3. The van der Waals surface area contributed by atoms with Gasteiger partial charge in [0.1, 0.15) is 10.6 Å². The molecule has 1 atom stereocenters. The van der Waals surface area contributed by atoms with Crippen molar-refractivity contribution in [2.24, 2.45) is 0 Å². The molecule has 14 heteroatoms. The third-order valence-corrected chi connectivity index (χ3v) is 10.4. The van der Waals surface area contributed by atoms with E-state index < -0.39 is 42.8 Å². The van der Waals surface area contributed by atoms with Crippen molar-refractivity contribution < 1.29 is 36.2 Å². The number of sulfone groups is 1. The maximum absolute atomic E-state index is 14.0.